The van der Waals surface area contributed by atoms with Crippen molar-refractivity contribution in [1.29, 1.82) is 0 Å². The molecule has 0 amide bonds. The first-order valence-electron chi connectivity index (χ1n) is 5.32. The molecular formula is C10H22N2. The highest BCUT2D eigenvalue weighted by molar-refractivity contribution is 4.76. The zero-order valence-electron chi connectivity index (χ0n) is 8.47. The molecule has 1 atom stereocenters. The van der Waals surface area contributed by atoms with Gasteiger partial charge in [0.15, 0.2) is 0 Å². The van der Waals surface area contributed by atoms with Crippen molar-refractivity contribution in [1.82, 2.24) is 10.2 Å². The smallest absolute Gasteiger partial charge is 0.0192 e. The molecule has 2 nitrogen and oxygen atoms in total. The quantitative estimate of drug-likeness (QED) is 0.687. The molecule has 2 heteroatoms. The van der Waals surface area contributed by atoms with Gasteiger partial charge in [-0.3, -0.25) is 0 Å². The number of nitrogens with zero attached hydrogens (tertiary/aromatic N) is 1. The van der Waals surface area contributed by atoms with Crippen LogP contribution in [0.2, 0.25) is 0 Å². The summed E-state index contributed by atoms with van der Waals surface area (Å²) in [5.41, 5.74) is 0. The molecule has 0 aliphatic carbocycles. The molecule has 12 heavy (non-hydrogen) atoms. The van der Waals surface area contributed by atoms with Crippen molar-refractivity contribution in [3.05, 3.63) is 0 Å². The van der Waals surface area contributed by atoms with E-state index in [4.69, 9.17) is 0 Å². The van der Waals surface area contributed by atoms with E-state index in [1.165, 1.54) is 45.4 Å². The third kappa shape index (κ3) is 3.11. The molecule has 1 heterocycles. The molecular weight excluding hydrogens is 148 g/mol. The van der Waals surface area contributed by atoms with Crippen LogP contribution in [-0.4, -0.2) is 37.1 Å². The molecule has 1 N–H and O–H groups in total. The number of nitrogens with one attached hydrogen (secondary N) is 1. The number of unbranched alkanes of at least 4 members (excludes halogenated alkanes) is 1. The fraction of sp³-hybridized carbons (Fsp3) is 1.00. The minimum atomic E-state index is 0.746. The van der Waals surface area contributed by atoms with Gasteiger partial charge in [0.2, 0.25) is 0 Å². The Hall–Kier alpha value is -0.0800. The molecule has 1 saturated heterocycles. The van der Waals surface area contributed by atoms with E-state index in [-0.39, 0.29) is 0 Å². The van der Waals surface area contributed by atoms with Crippen molar-refractivity contribution in [2.75, 3.05) is 26.2 Å². The van der Waals surface area contributed by atoms with Gasteiger partial charge in [0, 0.05) is 25.7 Å². The fourth-order valence-electron chi connectivity index (χ4n) is 1.75. The lowest BCUT2D eigenvalue weighted by Gasteiger charge is -2.33. The summed E-state index contributed by atoms with van der Waals surface area (Å²) in [5.74, 6) is 0. The predicted molar refractivity (Wildman–Crippen MR) is 53.4 cm³/mol. The normalized spacial score (nSPS) is 26.0. The summed E-state index contributed by atoms with van der Waals surface area (Å²) in [6.07, 6.45) is 3.94. The van der Waals surface area contributed by atoms with E-state index in [1.807, 2.05) is 0 Å². The van der Waals surface area contributed by atoms with Crippen LogP contribution in [-0.2, 0) is 0 Å². The van der Waals surface area contributed by atoms with Crippen LogP contribution < -0.4 is 5.32 Å². The third-order valence-electron chi connectivity index (χ3n) is 2.66. The van der Waals surface area contributed by atoms with E-state index in [1.54, 1.807) is 0 Å². The van der Waals surface area contributed by atoms with Crippen LogP contribution in [0.1, 0.15) is 33.1 Å². The molecule has 1 unspecified atom stereocenters. The topological polar surface area (TPSA) is 15.3 Å². The summed E-state index contributed by atoms with van der Waals surface area (Å²) in [6, 6.07) is 0.746. The maximum absolute atomic E-state index is 3.53. The van der Waals surface area contributed by atoms with Gasteiger partial charge in [0.25, 0.3) is 0 Å². The zero-order chi connectivity index (χ0) is 8.81. The summed E-state index contributed by atoms with van der Waals surface area (Å²) in [6.45, 7) is 9.52. The summed E-state index contributed by atoms with van der Waals surface area (Å²) < 4.78 is 0. The Morgan fingerprint density at radius 3 is 2.92 bits per heavy atom. The third-order valence-corrected chi connectivity index (χ3v) is 2.66. The van der Waals surface area contributed by atoms with E-state index >= 15 is 0 Å². The number of hydrogen-bond acceptors (Lipinski definition) is 2. The van der Waals surface area contributed by atoms with Crippen LogP contribution >= 0.6 is 0 Å². The molecule has 1 rings (SSSR count). The summed E-state index contributed by atoms with van der Waals surface area (Å²) >= 11 is 0. The van der Waals surface area contributed by atoms with Crippen molar-refractivity contribution >= 4 is 0 Å². The lowest BCUT2D eigenvalue weighted by molar-refractivity contribution is 0.195. The van der Waals surface area contributed by atoms with E-state index < -0.39 is 0 Å². The minimum Gasteiger partial charge on any atom is -0.311 e. The second-order valence-corrected chi connectivity index (χ2v) is 3.71. The summed E-state index contributed by atoms with van der Waals surface area (Å²) in [5, 5.41) is 3.53. The molecule has 0 spiro atoms. The zero-order valence-corrected chi connectivity index (χ0v) is 8.47. The van der Waals surface area contributed by atoms with Gasteiger partial charge < -0.3 is 10.2 Å². The largest absolute Gasteiger partial charge is 0.311 e. The van der Waals surface area contributed by atoms with Crippen molar-refractivity contribution in [3.63, 3.8) is 0 Å². The van der Waals surface area contributed by atoms with Crippen LogP contribution in [0.4, 0.5) is 0 Å². The SMILES string of the molecule is CCCCN1CCNC(CC)C1. The lowest BCUT2D eigenvalue weighted by Crippen LogP contribution is -2.50. The maximum Gasteiger partial charge on any atom is 0.0192 e. The molecule has 0 radical (unpaired) electrons. The lowest BCUT2D eigenvalue weighted by atomic mass is 10.1. The van der Waals surface area contributed by atoms with Gasteiger partial charge in [-0.2, -0.15) is 0 Å². The molecule has 1 aliphatic rings. The Labute approximate surface area is 76.3 Å². The summed E-state index contributed by atoms with van der Waals surface area (Å²) in [7, 11) is 0. The second-order valence-electron chi connectivity index (χ2n) is 3.71. The van der Waals surface area contributed by atoms with Gasteiger partial charge in [0.1, 0.15) is 0 Å². The van der Waals surface area contributed by atoms with Crippen LogP contribution in [0.3, 0.4) is 0 Å². The molecule has 1 aliphatic heterocycles. The molecule has 0 saturated carbocycles. The van der Waals surface area contributed by atoms with Crippen molar-refractivity contribution < 1.29 is 0 Å². The maximum atomic E-state index is 3.53. The highest BCUT2D eigenvalue weighted by Gasteiger charge is 2.16. The molecule has 0 bridgehead atoms. The van der Waals surface area contributed by atoms with Crippen LogP contribution in [0, 0.1) is 0 Å². The van der Waals surface area contributed by atoms with Crippen LogP contribution in [0.5, 0.6) is 0 Å². The van der Waals surface area contributed by atoms with Crippen LogP contribution in [0.25, 0.3) is 0 Å². The van der Waals surface area contributed by atoms with E-state index in [9.17, 15) is 0 Å². The Kier molecular flexibility index (Phi) is 4.62. The van der Waals surface area contributed by atoms with E-state index in [0.717, 1.165) is 6.04 Å². The molecule has 0 aromatic heterocycles. The molecule has 0 aromatic carbocycles. The number of piperazine rings is 1. The Balaban J connectivity index is 2.16. The average Bonchev–Trinajstić information content (AvgIpc) is 2.15. The van der Waals surface area contributed by atoms with Gasteiger partial charge in [0.05, 0.1) is 0 Å². The standard InChI is InChI=1S/C10H22N2/c1-3-5-7-12-8-6-11-10(4-2)9-12/h10-11H,3-9H2,1-2H3. The van der Waals surface area contributed by atoms with E-state index in [2.05, 4.69) is 24.1 Å². The Bertz CT molecular complexity index is 114. The first-order valence-corrected chi connectivity index (χ1v) is 5.32. The first-order chi connectivity index (χ1) is 5.86. The van der Waals surface area contributed by atoms with Gasteiger partial charge >= 0.3 is 0 Å². The van der Waals surface area contributed by atoms with Gasteiger partial charge in [-0.25, -0.2) is 0 Å². The molecule has 1 fully saturated rings. The van der Waals surface area contributed by atoms with Crippen molar-refractivity contribution in [2.45, 2.75) is 39.2 Å². The van der Waals surface area contributed by atoms with E-state index in [0.29, 0.717) is 0 Å². The first kappa shape index (κ1) is 10.0. The monoisotopic (exact) mass is 170 g/mol. The summed E-state index contributed by atoms with van der Waals surface area (Å²) in [4.78, 5) is 2.59. The van der Waals surface area contributed by atoms with Crippen molar-refractivity contribution in [3.8, 4) is 0 Å². The minimum absolute atomic E-state index is 0.746. The average molecular weight is 170 g/mol. The molecule has 0 aromatic rings. The van der Waals surface area contributed by atoms with Gasteiger partial charge in [-0.15, -0.1) is 0 Å². The highest BCUT2D eigenvalue weighted by atomic mass is 15.2. The fourth-order valence-corrected chi connectivity index (χ4v) is 1.75. The Morgan fingerprint density at radius 1 is 1.42 bits per heavy atom. The molecule has 72 valence electrons. The second kappa shape index (κ2) is 5.55. The van der Waals surface area contributed by atoms with Gasteiger partial charge in [-0.1, -0.05) is 20.3 Å². The van der Waals surface area contributed by atoms with Crippen LogP contribution in [0.15, 0.2) is 0 Å². The Morgan fingerprint density at radius 2 is 2.25 bits per heavy atom. The van der Waals surface area contributed by atoms with Gasteiger partial charge in [-0.05, 0) is 19.4 Å². The highest BCUT2D eigenvalue weighted by Crippen LogP contribution is 2.03. The number of hydrogen-bond donors (Lipinski definition) is 1. The van der Waals surface area contributed by atoms with Crippen molar-refractivity contribution in [2.24, 2.45) is 0 Å². The predicted octanol–water partition coefficient (Wildman–Crippen LogP) is 1.47. The number of rotatable bonds is 4.